The Morgan fingerprint density at radius 1 is 1.06 bits per heavy atom. The van der Waals surface area contributed by atoms with Gasteiger partial charge in [0.15, 0.2) is 0 Å². The Kier molecular flexibility index (Phi) is 5.95. The van der Waals surface area contributed by atoms with E-state index in [0.29, 0.717) is 29.4 Å². The molecule has 2 atom stereocenters. The van der Waals surface area contributed by atoms with E-state index in [1.54, 1.807) is 24.3 Å². The summed E-state index contributed by atoms with van der Waals surface area (Å²) in [6, 6.07) is 26.7. The molecule has 6 heteroatoms. The molecule has 4 N–H and O–H groups in total. The smallest absolute Gasteiger partial charge is 0.145 e. The number of benzene rings is 3. The number of anilines is 1. The predicted octanol–water partition coefficient (Wildman–Crippen LogP) is 4.70. The minimum absolute atomic E-state index is 0.0151. The second-order valence-electron chi connectivity index (χ2n) is 7.34. The molecule has 1 aliphatic rings. The minimum Gasteiger partial charge on any atom is -0.457 e. The summed E-state index contributed by atoms with van der Waals surface area (Å²) in [5.41, 5.74) is 8.53. The third-order valence-corrected chi connectivity index (χ3v) is 5.17. The van der Waals surface area contributed by atoms with Gasteiger partial charge in [0.1, 0.15) is 23.3 Å². The van der Waals surface area contributed by atoms with Crippen molar-refractivity contribution in [2.45, 2.75) is 12.5 Å². The lowest BCUT2D eigenvalue weighted by molar-refractivity contribution is 0.482. The number of hydrogen-bond donors (Lipinski definition) is 3. The van der Waals surface area contributed by atoms with Gasteiger partial charge >= 0.3 is 0 Å². The Bertz CT molecular complexity index is 1130. The molecule has 0 saturated heterocycles. The van der Waals surface area contributed by atoms with Crippen LogP contribution >= 0.6 is 0 Å². The monoisotopic (exact) mass is 409 g/mol. The number of amidine groups is 1. The van der Waals surface area contributed by atoms with Crippen LogP contribution < -0.4 is 15.8 Å². The summed E-state index contributed by atoms with van der Waals surface area (Å²) in [4.78, 5) is 4.51. The maximum Gasteiger partial charge on any atom is 0.145 e. The minimum atomic E-state index is -0.773. The molecule has 154 valence electrons. The number of rotatable bonds is 6. The molecule has 0 radical (unpaired) electrons. The third kappa shape index (κ3) is 4.73. The van der Waals surface area contributed by atoms with Crippen molar-refractivity contribution in [2.75, 3.05) is 12.3 Å². The SMILES string of the molecule is N#CC(C(=N)c1ccc(Oc2ccccc2)cc1)C1=NCCC(c2cccc(N)c2)N1. The maximum atomic E-state index is 9.80. The van der Waals surface area contributed by atoms with E-state index in [1.165, 1.54) is 0 Å². The van der Waals surface area contributed by atoms with Crippen LogP contribution in [-0.4, -0.2) is 18.1 Å². The van der Waals surface area contributed by atoms with Crippen LogP contribution in [0.3, 0.4) is 0 Å². The molecule has 2 unspecified atom stereocenters. The summed E-state index contributed by atoms with van der Waals surface area (Å²) in [7, 11) is 0. The molecular formula is C25H23N5O. The highest BCUT2D eigenvalue weighted by Crippen LogP contribution is 2.25. The fourth-order valence-corrected chi connectivity index (χ4v) is 3.57. The van der Waals surface area contributed by atoms with E-state index in [4.69, 9.17) is 15.9 Å². The van der Waals surface area contributed by atoms with Crippen molar-refractivity contribution in [3.8, 4) is 17.6 Å². The summed E-state index contributed by atoms with van der Waals surface area (Å²) in [5.74, 6) is 1.17. The maximum absolute atomic E-state index is 9.80. The van der Waals surface area contributed by atoms with Crippen LogP contribution in [0.1, 0.15) is 23.6 Å². The van der Waals surface area contributed by atoms with Crippen molar-refractivity contribution in [3.05, 3.63) is 90.0 Å². The lowest BCUT2D eigenvalue weighted by Crippen LogP contribution is -2.40. The van der Waals surface area contributed by atoms with Gasteiger partial charge in [-0.3, -0.25) is 4.99 Å². The van der Waals surface area contributed by atoms with Crippen LogP contribution in [0.5, 0.6) is 11.5 Å². The van der Waals surface area contributed by atoms with E-state index >= 15 is 0 Å². The zero-order chi connectivity index (χ0) is 21.6. The first-order valence-electron chi connectivity index (χ1n) is 10.1. The summed E-state index contributed by atoms with van der Waals surface area (Å²) < 4.78 is 5.81. The normalized spacial score (nSPS) is 16.4. The first-order chi connectivity index (χ1) is 15.1. The van der Waals surface area contributed by atoms with Crippen LogP contribution in [0.2, 0.25) is 0 Å². The van der Waals surface area contributed by atoms with Crippen molar-refractivity contribution in [2.24, 2.45) is 10.9 Å². The van der Waals surface area contributed by atoms with E-state index in [-0.39, 0.29) is 11.8 Å². The second-order valence-corrected chi connectivity index (χ2v) is 7.34. The van der Waals surface area contributed by atoms with Crippen LogP contribution in [0.4, 0.5) is 5.69 Å². The second kappa shape index (κ2) is 9.14. The van der Waals surface area contributed by atoms with Gasteiger partial charge in [-0.2, -0.15) is 5.26 Å². The van der Waals surface area contributed by atoms with Crippen LogP contribution in [0, 0.1) is 22.7 Å². The average Bonchev–Trinajstić information content (AvgIpc) is 2.81. The molecule has 3 aromatic rings. The summed E-state index contributed by atoms with van der Waals surface area (Å²) in [5, 5.41) is 21.8. The first-order valence-corrected chi connectivity index (χ1v) is 10.1. The van der Waals surface area contributed by atoms with Crippen molar-refractivity contribution in [1.29, 1.82) is 10.7 Å². The number of aliphatic imine (C=N–C) groups is 1. The van der Waals surface area contributed by atoms with Crippen LogP contribution in [0.15, 0.2) is 83.9 Å². The molecule has 31 heavy (non-hydrogen) atoms. The molecule has 0 saturated carbocycles. The number of nitrogen functional groups attached to an aromatic ring is 1. The number of nitrogens with zero attached hydrogens (tertiary/aromatic N) is 2. The van der Waals surface area contributed by atoms with Gasteiger partial charge in [0, 0.05) is 12.2 Å². The third-order valence-electron chi connectivity index (χ3n) is 5.17. The molecule has 1 heterocycles. The number of hydrogen-bond acceptors (Lipinski definition) is 6. The zero-order valence-corrected chi connectivity index (χ0v) is 17.0. The molecule has 0 bridgehead atoms. The van der Waals surface area contributed by atoms with Gasteiger partial charge in [0.2, 0.25) is 0 Å². The summed E-state index contributed by atoms with van der Waals surface area (Å²) in [6.45, 7) is 0.594. The predicted molar refractivity (Wildman–Crippen MR) is 123 cm³/mol. The highest BCUT2D eigenvalue weighted by Gasteiger charge is 2.27. The molecule has 4 rings (SSSR count). The summed E-state index contributed by atoms with van der Waals surface area (Å²) in [6.07, 6.45) is 0.809. The van der Waals surface area contributed by atoms with Gasteiger partial charge in [0.25, 0.3) is 0 Å². The molecule has 1 aliphatic heterocycles. The van der Waals surface area contributed by atoms with Gasteiger partial charge in [-0.05, 0) is 66.1 Å². The van der Waals surface area contributed by atoms with Crippen molar-refractivity contribution in [1.82, 2.24) is 5.32 Å². The Hall–Kier alpha value is -4.11. The molecule has 0 fully saturated rings. The summed E-state index contributed by atoms with van der Waals surface area (Å²) >= 11 is 0. The first kappa shape index (κ1) is 20.2. The number of ether oxygens (including phenoxy) is 1. The highest BCUT2D eigenvalue weighted by atomic mass is 16.5. The fraction of sp³-hybridized carbons (Fsp3) is 0.160. The van der Waals surface area contributed by atoms with Crippen LogP contribution in [-0.2, 0) is 0 Å². The topological polar surface area (TPSA) is 107 Å². The number of nitriles is 1. The Balaban J connectivity index is 1.48. The molecule has 0 spiro atoms. The van der Waals surface area contributed by atoms with E-state index < -0.39 is 5.92 Å². The van der Waals surface area contributed by atoms with Crippen molar-refractivity contribution < 1.29 is 4.74 Å². The van der Waals surface area contributed by atoms with E-state index in [2.05, 4.69) is 16.4 Å². The molecular weight excluding hydrogens is 386 g/mol. The molecule has 6 nitrogen and oxygen atoms in total. The van der Waals surface area contributed by atoms with Gasteiger partial charge in [-0.25, -0.2) is 0 Å². The molecule has 0 aromatic heterocycles. The number of nitrogens with one attached hydrogen (secondary N) is 2. The van der Waals surface area contributed by atoms with Gasteiger partial charge in [0.05, 0.1) is 17.8 Å². The Labute approximate surface area is 181 Å². The van der Waals surface area contributed by atoms with Crippen molar-refractivity contribution in [3.63, 3.8) is 0 Å². The van der Waals surface area contributed by atoms with Gasteiger partial charge in [-0.15, -0.1) is 0 Å². The Morgan fingerprint density at radius 3 is 2.52 bits per heavy atom. The zero-order valence-electron chi connectivity index (χ0n) is 17.0. The van der Waals surface area contributed by atoms with Gasteiger partial charge < -0.3 is 21.2 Å². The molecule has 3 aromatic carbocycles. The molecule has 0 aliphatic carbocycles. The van der Waals surface area contributed by atoms with E-state index in [0.717, 1.165) is 17.7 Å². The lowest BCUT2D eigenvalue weighted by atomic mass is 9.94. The fourth-order valence-electron chi connectivity index (χ4n) is 3.57. The number of nitrogens with two attached hydrogens (primary N) is 1. The van der Waals surface area contributed by atoms with E-state index in [9.17, 15) is 5.26 Å². The number of para-hydroxylation sites is 1. The largest absolute Gasteiger partial charge is 0.457 e. The standard InChI is InChI=1S/C25H23N5O/c26-16-22(25-29-14-13-23(30-25)18-5-4-6-19(27)15-18)24(28)17-9-11-21(12-10-17)31-20-7-2-1-3-8-20/h1-12,15,22-23,28H,13-14,27H2,(H,29,30). The average molecular weight is 409 g/mol. The van der Waals surface area contributed by atoms with Crippen molar-refractivity contribution >= 4 is 17.2 Å². The Morgan fingerprint density at radius 2 is 1.81 bits per heavy atom. The van der Waals surface area contributed by atoms with Gasteiger partial charge in [-0.1, -0.05) is 30.3 Å². The lowest BCUT2D eigenvalue weighted by Gasteiger charge is -2.27. The van der Waals surface area contributed by atoms with E-state index in [1.807, 2.05) is 54.6 Å². The van der Waals surface area contributed by atoms with Crippen LogP contribution in [0.25, 0.3) is 0 Å². The highest BCUT2D eigenvalue weighted by molar-refractivity contribution is 6.15. The quantitative estimate of drug-likeness (QED) is 0.405. The molecule has 0 amide bonds.